The molecule has 0 saturated carbocycles. The summed E-state index contributed by atoms with van der Waals surface area (Å²) < 4.78 is 32.2. The molecule has 0 radical (unpaired) electrons. The lowest BCUT2D eigenvalue weighted by Gasteiger charge is -2.15. The second-order valence-corrected chi connectivity index (χ2v) is 8.95. The van der Waals surface area contributed by atoms with Gasteiger partial charge in [0, 0.05) is 18.8 Å². The van der Waals surface area contributed by atoms with Crippen molar-refractivity contribution in [1.29, 1.82) is 0 Å². The number of nitrogens with one attached hydrogen (secondary N) is 1. The summed E-state index contributed by atoms with van der Waals surface area (Å²) in [6.45, 7) is 2.17. The van der Waals surface area contributed by atoms with E-state index >= 15 is 0 Å². The van der Waals surface area contributed by atoms with Gasteiger partial charge in [0.2, 0.25) is 5.91 Å². The molecule has 1 N–H and O–H groups in total. The number of aryl methyl sites for hydroxylation is 1. The van der Waals surface area contributed by atoms with Crippen molar-refractivity contribution in [2.24, 2.45) is 0 Å². The number of benzene rings is 1. The van der Waals surface area contributed by atoms with Crippen molar-refractivity contribution >= 4 is 33.0 Å². The molecule has 0 unspecified atom stereocenters. The number of amides is 1. The standard InChI is InChI=1S/C18H19N3O4S2/c1-13-10-16(19-25-13)12-21(2)17(22)11-14-5-7-15(8-6-14)20-27(23,24)18-4-3-9-26-18/h3-10,20H,11-12H2,1-2H3. The minimum atomic E-state index is -3.57. The second kappa shape index (κ2) is 7.93. The highest BCUT2D eigenvalue weighted by molar-refractivity contribution is 7.94. The molecule has 1 aromatic carbocycles. The van der Waals surface area contributed by atoms with Crippen molar-refractivity contribution < 1.29 is 17.7 Å². The molecule has 7 nitrogen and oxygen atoms in total. The molecule has 2 aromatic heterocycles. The zero-order chi connectivity index (χ0) is 19.4. The Morgan fingerprint density at radius 3 is 2.59 bits per heavy atom. The van der Waals surface area contributed by atoms with E-state index in [-0.39, 0.29) is 16.5 Å². The van der Waals surface area contributed by atoms with Crippen LogP contribution in [0, 0.1) is 6.92 Å². The van der Waals surface area contributed by atoms with Crippen molar-refractivity contribution in [3.63, 3.8) is 0 Å². The molecule has 0 fully saturated rings. The van der Waals surface area contributed by atoms with E-state index in [1.54, 1.807) is 66.7 Å². The highest BCUT2D eigenvalue weighted by atomic mass is 32.2. The van der Waals surface area contributed by atoms with Gasteiger partial charge in [-0.25, -0.2) is 8.42 Å². The number of nitrogens with zero attached hydrogens (tertiary/aromatic N) is 2. The van der Waals surface area contributed by atoms with Crippen LogP contribution in [-0.4, -0.2) is 31.4 Å². The summed E-state index contributed by atoms with van der Waals surface area (Å²) in [6, 6.07) is 11.8. The number of rotatable bonds is 7. The fourth-order valence-electron chi connectivity index (χ4n) is 2.45. The maximum Gasteiger partial charge on any atom is 0.271 e. The van der Waals surface area contributed by atoms with E-state index in [9.17, 15) is 13.2 Å². The van der Waals surface area contributed by atoms with Crippen molar-refractivity contribution in [3.05, 3.63) is 64.9 Å². The zero-order valence-corrected chi connectivity index (χ0v) is 16.5. The fourth-order valence-corrected chi connectivity index (χ4v) is 4.50. The molecule has 3 aromatic rings. The monoisotopic (exact) mass is 405 g/mol. The molecule has 0 atom stereocenters. The summed E-state index contributed by atoms with van der Waals surface area (Å²) in [5.74, 6) is 0.633. The van der Waals surface area contributed by atoms with Crippen molar-refractivity contribution in [3.8, 4) is 0 Å². The van der Waals surface area contributed by atoms with E-state index in [2.05, 4.69) is 9.88 Å². The first-order chi connectivity index (χ1) is 12.8. The lowest BCUT2D eigenvalue weighted by Crippen LogP contribution is -2.27. The minimum absolute atomic E-state index is 0.0671. The predicted molar refractivity (Wildman–Crippen MR) is 103 cm³/mol. The number of carbonyl (C=O) groups excluding carboxylic acids is 1. The van der Waals surface area contributed by atoms with Crippen LogP contribution < -0.4 is 4.72 Å². The normalized spacial score (nSPS) is 11.3. The lowest BCUT2D eigenvalue weighted by atomic mass is 10.1. The summed E-state index contributed by atoms with van der Waals surface area (Å²) in [7, 11) is -1.87. The maximum absolute atomic E-state index is 12.4. The molecule has 0 bridgehead atoms. The van der Waals surface area contributed by atoms with Gasteiger partial charge in [0.1, 0.15) is 15.7 Å². The molecule has 0 aliphatic carbocycles. The number of hydrogen-bond donors (Lipinski definition) is 1. The van der Waals surface area contributed by atoms with Gasteiger partial charge in [-0.2, -0.15) is 0 Å². The number of thiophene rings is 1. The van der Waals surface area contributed by atoms with Crippen LogP contribution in [0.3, 0.4) is 0 Å². The summed E-state index contributed by atoms with van der Waals surface area (Å²) in [5.41, 5.74) is 1.94. The van der Waals surface area contributed by atoms with Gasteiger partial charge in [-0.3, -0.25) is 9.52 Å². The van der Waals surface area contributed by atoms with E-state index < -0.39 is 10.0 Å². The van der Waals surface area contributed by atoms with Crippen LogP contribution >= 0.6 is 11.3 Å². The van der Waals surface area contributed by atoms with Gasteiger partial charge in [-0.05, 0) is 36.1 Å². The average molecular weight is 406 g/mol. The Morgan fingerprint density at radius 2 is 2.00 bits per heavy atom. The quantitative estimate of drug-likeness (QED) is 0.652. The van der Waals surface area contributed by atoms with Crippen LogP contribution in [-0.2, 0) is 27.8 Å². The number of anilines is 1. The molecule has 3 rings (SSSR count). The van der Waals surface area contributed by atoms with Crippen molar-refractivity contribution in [2.45, 2.75) is 24.1 Å². The van der Waals surface area contributed by atoms with Gasteiger partial charge in [0.15, 0.2) is 0 Å². The lowest BCUT2D eigenvalue weighted by molar-refractivity contribution is -0.129. The van der Waals surface area contributed by atoms with E-state index in [0.29, 0.717) is 23.7 Å². The number of aromatic nitrogens is 1. The fraction of sp³-hybridized carbons (Fsp3) is 0.222. The van der Waals surface area contributed by atoms with Crippen LogP contribution in [0.2, 0.25) is 0 Å². The third-order valence-electron chi connectivity index (χ3n) is 3.82. The molecule has 0 aliphatic rings. The molecule has 2 heterocycles. The van der Waals surface area contributed by atoms with Crippen molar-refractivity contribution in [2.75, 3.05) is 11.8 Å². The highest BCUT2D eigenvalue weighted by Crippen LogP contribution is 2.20. The van der Waals surface area contributed by atoms with Crippen LogP contribution in [0.1, 0.15) is 17.0 Å². The molecule has 9 heteroatoms. The number of sulfonamides is 1. The smallest absolute Gasteiger partial charge is 0.271 e. The first kappa shape index (κ1) is 19.1. The van der Waals surface area contributed by atoms with Crippen LogP contribution in [0.4, 0.5) is 5.69 Å². The van der Waals surface area contributed by atoms with Crippen LogP contribution in [0.25, 0.3) is 0 Å². The molecule has 142 valence electrons. The van der Waals surface area contributed by atoms with Crippen LogP contribution in [0.5, 0.6) is 0 Å². The van der Waals surface area contributed by atoms with Gasteiger partial charge in [0.05, 0.1) is 13.0 Å². The largest absolute Gasteiger partial charge is 0.361 e. The summed E-state index contributed by atoms with van der Waals surface area (Å²) >= 11 is 1.15. The highest BCUT2D eigenvalue weighted by Gasteiger charge is 2.16. The zero-order valence-electron chi connectivity index (χ0n) is 14.9. The van der Waals surface area contributed by atoms with Crippen LogP contribution in [0.15, 0.2) is 56.6 Å². The maximum atomic E-state index is 12.4. The van der Waals surface area contributed by atoms with Gasteiger partial charge >= 0.3 is 0 Å². The minimum Gasteiger partial charge on any atom is -0.361 e. The van der Waals surface area contributed by atoms with Gasteiger partial charge in [-0.1, -0.05) is 23.4 Å². The Labute approximate surface area is 161 Å². The second-order valence-electron chi connectivity index (χ2n) is 6.09. The average Bonchev–Trinajstić information content (AvgIpc) is 3.28. The van der Waals surface area contributed by atoms with E-state index in [1.165, 1.54) is 0 Å². The first-order valence-corrected chi connectivity index (χ1v) is 10.5. The Morgan fingerprint density at radius 1 is 1.26 bits per heavy atom. The van der Waals surface area contributed by atoms with Crippen molar-refractivity contribution in [1.82, 2.24) is 10.1 Å². The number of likely N-dealkylation sites (N-methyl/N-ethyl adjacent to an activating group) is 1. The third kappa shape index (κ3) is 4.95. The van der Waals surface area contributed by atoms with Gasteiger partial charge < -0.3 is 9.42 Å². The molecule has 0 saturated heterocycles. The third-order valence-corrected chi connectivity index (χ3v) is 6.60. The molecular formula is C18H19N3O4S2. The number of hydrogen-bond acceptors (Lipinski definition) is 6. The van der Waals surface area contributed by atoms with E-state index in [0.717, 1.165) is 16.9 Å². The topological polar surface area (TPSA) is 92.5 Å². The van der Waals surface area contributed by atoms with Gasteiger partial charge in [0.25, 0.3) is 10.0 Å². The Hall–Kier alpha value is -2.65. The Bertz CT molecular complexity index is 1010. The molecule has 0 aliphatic heterocycles. The van der Waals surface area contributed by atoms with E-state index in [4.69, 9.17) is 4.52 Å². The van der Waals surface area contributed by atoms with Gasteiger partial charge in [-0.15, -0.1) is 11.3 Å². The molecule has 0 spiro atoms. The first-order valence-electron chi connectivity index (χ1n) is 8.15. The van der Waals surface area contributed by atoms with E-state index in [1.807, 2.05) is 0 Å². The Balaban J connectivity index is 1.59. The summed E-state index contributed by atoms with van der Waals surface area (Å²) in [4.78, 5) is 13.9. The predicted octanol–water partition coefficient (Wildman–Crippen LogP) is 3.05. The Kier molecular flexibility index (Phi) is 5.62. The molecule has 1 amide bonds. The SMILES string of the molecule is Cc1cc(CN(C)C(=O)Cc2ccc(NS(=O)(=O)c3cccs3)cc2)no1. The summed E-state index contributed by atoms with van der Waals surface area (Å²) in [5, 5.41) is 5.59. The molecule has 27 heavy (non-hydrogen) atoms. The number of carbonyl (C=O) groups is 1. The summed E-state index contributed by atoms with van der Waals surface area (Å²) in [6.07, 6.45) is 0.214. The molecular weight excluding hydrogens is 386 g/mol.